The Morgan fingerprint density at radius 3 is 2.22 bits per heavy atom. The van der Waals surface area contributed by atoms with E-state index >= 15 is 0 Å². The maximum absolute atomic E-state index is 11.8. The first-order valence-electron chi connectivity index (χ1n) is 8.21. The molecule has 27 heavy (non-hydrogen) atoms. The fraction of sp³-hybridized carbons (Fsp3) is 0.278. The van der Waals surface area contributed by atoms with Gasteiger partial charge in [0.15, 0.2) is 9.84 Å². The third-order valence-electron chi connectivity index (χ3n) is 3.64. The molecule has 0 bridgehead atoms. The molecule has 0 aliphatic heterocycles. The Morgan fingerprint density at radius 2 is 1.70 bits per heavy atom. The zero-order chi connectivity index (χ0) is 20.2. The molecule has 0 heterocycles. The highest BCUT2D eigenvalue weighted by molar-refractivity contribution is 7.90. The predicted molar refractivity (Wildman–Crippen MR) is 104 cm³/mol. The summed E-state index contributed by atoms with van der Waals surface area (Å²) in [5.41, 5.74) is 1.01. The lowest BCUT2D eigenvalue weighted by Gasteiger charge is -2.10. The third kappa shape index (κ3) is 5.78. The number of benzene rings is 2. The monoisotopic (exact) mass is 391 g/mol. The molecule has 0 unspecified atom stereocenters. The van der Waals surface area contributed by atoms with Crippen LogP contribution in [0.15, 0.2) is 47.4 Å². The molecule has 0 radical (unpaired) electrons. The fourth-order valence-corrected chi connectivity index (χ4v) is 3.01. The molecule has 0 saturated heterocycles. The summed E-state index contributed by atoms with van der Waals surface area (Å²) in [6.45, 7) is 3.91. The fourth-order valence-electron chi connectivity index (χ4n) is 2.37. The van der Waals surface area contributed by atoms with Gasteiger partial charge in [-0.3, -0.25) is 14.9 Å². The maximum atomic E-state index is 11.8. The Balaban J connectivity index is 2.19. The van der Waals surface area contributed by atoms with Crippen molar-refractivity contribution in [3.05, 3.63) is 52.6 Å². The molecular weight excluding hydrogens is 370 g/mol. The van der Waals surface area contributed by atoms with Gasteiger partial charge in [-0.15, -0.1) is 0 Å². The molecule has 144 valence electrons. The first kappa shape index (κ1) is 20.4. The van der Waals surface area contributed by atoms with Gasteiger partial charge in [-0.2, -0.15) is 0 Å². The van der Waals surface area contributed by atoms with Gasteiger partial charge in [0.1, 0.15) is 5.69 Å². The van der Waals surface area contributed by atoms with Gasteiger partial charge in [-0.25, -0.2) is 8.42 Å². The second-order valence-corrected chi connectivity index (χ2v) is 8.57. The van der Waals surface area contributed by atoms with Crippen LogP contribution in [0.2, 0.25) is 0 Å². The van der Waals surface area contributed by atoms with E-state index in [-0.39, 0.29) is 28.1 Å². The highest BCUT2D eigenvalue weighted by Crippen LogP contribution is 2.30. The quantitative estimate of drug-likeness (QED) is 0.548. The van der Waals surface area contributed by atoms with Crippen LogP contribution in [0.3, 0.4) is 0 Å². The normalized spacial score (nSPS) is 11.3. The SMILES string of the molecule is CC(C)CC(=O)Nc1ccc(Nc2ccc(S(C)(=O)=O)cc2[N+](=O)[O-])cc1. The van der Waals surface area contributed by atoms with Gasteiger partial charge in [-0.1, -0.05) is 13.8 Å². The van der Waals surface area contributed by atoms with Gasteiger partial charge in [0.25, 0.3) is 5.69 Å². The molecule has 0 fully saturated rings. The predicted octanol–water partition coefficient (Wildman–Crippen LogP) is 3.73. The molecule has 0 saturated carbocycles. The van der Waals surface area contributed by atoms with Crippen LogP contribution in [0.25, 0.3) is 0 Å². The lowest BCUT2D eigenvalue weighted by Crippen LogP contribution is -2.13. The Bertz CT molecular complexity index is 953. The van der Waals surface area contributed by atoms with Crippen LogP contribution in [0.4, 0.5) is 22.7 Å². The number of rotatable bonds is 7. The van der Waals surface area contributed by atoms with Crippen molar-refractivity contribution >= 4 is 38.5 Å². The highest BCUT2D eigenvalue weighted by Gasteiger charge is 2.18. The van der Waals surface area contributed by atoms with Gasteiger partial charge < -0.3 is 10.6 Å². The Hall–Kier alpha value is -2.94. The van der Waals surface area contributed by atoms with Gasteiger partial charge in [0.2, 0.25) is 5.91 Å². The molecule has 0 aliphatic rings. The Kier molecular flexibility index (Phi) is 6.17. The van der Waals surface area contributed by atoms with E-state index < -0.39 is 14.8 Å². The number of anilines is 3. The molecule has 0 aromatic heterocycles. The molecule has 2 aromatic rings. The summed E-state index contributed by atoms with van der Waals surface area (Å²) in [5, 5.41) is 17.0. The standard InChI is InChI=1S/C18H21N3O5S/c1-12(2)10-18(22)20-14-6-4-13(5-7-14)19-16-9-8-15(27(3,25)26)11-17(16)21(23)24/h4-9,11-12,19H,10H2,1-3H3,(H,20,22). The lowest BCUT2D eigenvalue weighted by atomic mass is 10.1. The number of nitrogens with zero attached hydrogens (tertiary/aromatic N) is 1. The van der Waals surface area contributed by atoms with Crippen molar-refractivity contribution in [2.75, 3.05) is 16.9 Å². The summed E-state index contributed by atoms with van der Waals surface area (Å²) < 4.78 is 23.2. The van der Waals surface area contributed by atoms with Crippen molar-refractivity contribution in [2.24, 2.45) is 5.92 Å². The van der Waals surface area contributed by atoms with E-state index in [1.165, 1.54) is 12.1 Å². The van der Waals surface area contributed by atoms with Crippen LogP contribution in [-0.2, 0) is 14.6 Å². The molecule has 0 spiro atoms. The van der Waals surface area contributed by atoms with Gasteiger partial charge in [0.05, 0.1) is 9.82 Å². The van der Waals surface area contributed by atoms with E-state index in [2.05, 4.69) is 10.6 Å². The first-order chi connectivity index (χ1) is 12.6. The number of nitro benzene ring substituents is 1. The maximum Gasteiger partial charge on any atom is 0.293 e. The summed E-state index contributed by atoms with van der Waals surface area (Å²) in [6.07, 6.45) is 1.41. The van der Waals surface area contributed by atoms with Crippen molar-refractivity contribution in [3.8, 4) is 0 Å². The van der Waals surface area contributed by atoms with Crippen molar-refractivity contribution in [3.63, 3.8) is 0 Å². The molecule has 2 aromatic carbocycles. The van der Waals surface area contributed by atoms with Crippen molar-refractivity contribution < 1.29 is 18.1 Å². The van der Waals surface area contributed by atoms with Crippen molar-refractivity contribution in [2.45, 2.75) is 25.2 Å². The summed E-state index contributed by atoms with van der Waals surface area (Å²) in [4.78, 5) is 22.3. The van der Waals surface area contributed by atoms with E-state index in [9.17, 15) is 23.3 Å². The second-order valence-electron chi connectivity index (χ2n) is 6.56. The smallest absolute Gasteiger partial charge is 0.293 e. The van der Waals surface area contributed by atoms with E-state index in [1.807, 2.05) is 13.8 Å². The number of nitrogens with one attached hydrogen (secondary N) is 2. The first-order valence-corrected chi connectivity index (χ1v) is 10.1. The highest BCUT2D eigenvalue weighted by atomic mass is 32.2. The number of carbonyl (C=O) groups excluding carboxylic acids is 1. The number of sulfone groups is 1. The minimum Gasteiger partial charge on any atom is -0.350 e. The number of nitro groups is 1. The van der Waals surface area contributed by atoms with E-state index in [0.717, 1.165) is 12.3 Å². The zero-order valence-corrected chi connectivity index (χ0v) is 16.0. The number of carbonyl (C=O) groups is 1. The number of hydrogen-bond acceptors (Lipinski definition) is 6. The third-order valence-corrected chi connectivity index (χ3v) is 4.75. The molecule has 2 rings (SSSR count). The van der Waals surface area contributed by atoms with Crippen LogP contribution in [0, 0.1) is 16.0 Å². The average molecular weight is 391 g/mol. The minimum atomic E-state index is -3.55. The summed E-state index contributed by atoms with van der Waals surface area (Å²) >= 11 is 0. The topological polar surface area (TPSA) is 118 Å². The van der Waals surface area contributed by atoms with E-state index in [0.29, 0.717) is 17.8 Å². The molecule has 8 nitrogen and oxygen atoms in total. The molecule has 9 heteroatoms. The van der Waals surface area contributed by atoms with Crippen molar-refractivity contribution in [1.29, 1.82) is 0 Å². The van der Waals surface area contributed by atoms with Gasteiger partial charge in [-0.05, 0) is 42.3 Å². The van der Waals surface area contributed by atoms with Crippen LogP contribution >= 0.6 is 0 Å². The summed E-state index contributed by atoms with van der Waals surface area (Å²) in [5.74, 6) is 0.166. The van der Waals surface area contributed by atoms with Crippen LogP contribution < -0.4 is 10.6 Å². The molecule has 1 amide bonds. The van der Waals surface area contributed by atoms with Crippen LogP contribution in [-0.4, -0.2) is 25.5 Å². The average Bonchev–Trinajstić information content (AvgIpc) is 2.55. The van der Waals surface area contributed by atoms with Gasteiger partial charge >= 0.3 is 0 Å². The van der Waals surface area contributed by atoms with Crippen LogP contribution in [0.1, 0.15) is 20.3 Å². The van der Waals surface area contributed by atoms with Gasteiger partial charge in [0, 0.05) is 30.1 Å². The molecular formula is C18H21N3O5S. The lowest BCUT2D eigenvalue weighted by molar-refractivity contribution is -0.384. The second kappa shape index (κ2) is 8.17. The zero-order valence-electron chi connectivity index (χ0n) is 15.2. The van der Waals surface area contributed by atoms with E-state index in [4.69, 9.17) is 0 Å². The molecule has 2 N–H and O–H groups in total. The Labute approximate surface area is 157 Å². The van der Waals surface area contributed by atoms with Crippen LogP contribution in [0.5, 0.6) is 0 Å². The van der Waals surface area contributed by atoms with E-state index in [1.54, 1.807) is 24.3 Å². The number of amides is 1. The minimum absolute atomic E-state index is 0.0855. The Morgan fingerprint density at radius 1 is 1.11 bits per heavy atom. The summed E-state index contributed by atoms with van der Waals surface area (Å²) in [6, 6.07) is 10.4. The molecule has 0 atom stereocenters. The summed E-state index contributed by atoms with van der Waals surface area (Å²) in [7, 11) is -3.55. The largest absolute Gasteiger partial charge is 0.350 e. The number of hydrogen-bond donors (Lipinski definition) is 2. The molecule has 0 aliphatic carbocycles. The van der Waals surface area contributed by atoms with Crippen molar-refractivity contribution in [1.82, 2.24) is 0 Å².